The quantitative estimate of drug-likeness (QED) is 0.656. The molecule has 7 nitrogen and oxygen atoms in total. The highest BCUT2D eigenvalue weighted by atomic mass is 32.2. The summed E-state index contributed by atoms with van der Waals surface area (Å²) in [7, 11) is -2.06. The van der Waals surface area contributed by atoms with E-state index >= 15 is 0 Å². The molecule has 8 heteroatoms. The second-order valence-electron chi connectivity index (χ2n) is 4.85. The molecular formula is C12H26N4O3S. The van der Waals surface area contributed by atoms with Gasteiger partial charge in [0, 0.05) is 39.8 Å². The summed E-state index contributed by atoms with van der Waals surface area (Å²) in [6, 6.07) is -0.671. The largest absolute Gasteiger partial charge is 0.358 e. The summed E-state index contributed by atoms with van der Waals surface area (Å²) in [5.41, 5.74) is 0. The van der Waals surface area contributed by atoms with Crippen LogP contribution in [0.15, 0.2) is 0 Å². The van der Waals surface area contributed by atoms with Crippen molar-refractivity contribution in [2.75, 3.05) is 39.8 Å². The first-order valence-corrected chi connectivity index (χ1v) is 8.57. The summed E-state index contributed by atoms with van der Waals surface area (Å²) in [5.74, 6) is -0.270. The minimum Gasteiger partial charge on any atom is -0.358 e. The van der Waals surface area contributed by atoms with Crippen molar-refractivity contribution >= 4 is 16.1 Å². The molecule has 118 valence electrons. The topological polar surface area (TPSA) is 81.8 Å². The van der Waals surface area contributed by atoms with Gasteiger partial charge in [-0.2, -0.15) is 17.0 Å². The van der Waals surface area contributed by atoms with Crippen molar-refractivity contribution in [3.05, 3.63) is 0 Å². The van der Waals surface area contributed by atoms with Crippen LogP contribution in [0.4, 0.5) is 0 Å². The second kappa shape index (κ2) is 7.92. The van der Waals surface area contributed by atoms with Gasteiger partial charge in [-0.1, -0.05) is 13.8 Å². The third-order valence-electron chi connectivity index (χ3n) is 3.31. The van der Waals surface area contributed by atoms with E-state index in [0.29, 0.717) is 32.7 Å². The molecule has 1 amide bonds. The van der Waals surface area contributed by atoms with Crippen LogP contribution in [0.5, 0.6) is 0 Å². The van der Waals surface area contributed by atoms with Gasteiger partial charge >= 0.3 is 0 Å². The molecule has 1 aliphatic rings. The third-order valence-corrected chi connectivity index (χ3v) is 5.36. The van der Waals surface area contributed by atoms with Gasteiger partial charge in [-0.15, -0.1) is 0 Å². The summed E-state index contributed by atoms with van der Waals surface area (Å²) in [6.07, 6.45) is 1.52. The van der Waals surface area contributed by atoms with E-state index < -0.39 is 16.3 Å². The number of nitrogens with one attached hydrogen (secondary N) is 2. The van der Waals surface area contributed by atoms with E-state index in [-0.39, 0.29) is 5.91 Å². The van der Waals surface area contributed by atoms with Gasteiger partial charge in [-0.25, -0.2) is 0 Å². The number of carbonyl (C=O) groups excluding carboxylic acids is 1. The second-order valence-corrected chi connectivity index (χ2v) is 6.73. The fourth-order valence-corrected chi connectivity index (χ4v) is 4.28. The van der Waals surface area contributed by atoms with Gasteiger partial charge in [0.1, 0.15) is 6.04 Å². The maximum Gasteiger partial charge on any atom is 0.282 e. The smallest absolute Gasteiger partial charge is 0.282 e. The first-order chi connectivity index (χ1) is 9.48. The standard InChI is InChI=1S/C12H26N4O3S/c1-4-7-15(8-5-2)20(18,19)16-9-6-14-10-11(16)12(17)13-3/h11,14H,4-10H2,1-3H3,(H,13,17). The molecule has 2 N–H and O–H groups in total. The molecule has 0 bridgehead atoms. The van der Waals surface area contributed by atoms with Crippen molar-refractivity contribution in [3.63, 3.8) is 0 Å². The highest BCUT2D eigenvalue weighted by Crippen LogP contribution is 2.15. The molecule has 0 aromatic carbocycles. The van der Waals surface area contributed by atoms with Crippen LogP contribution in [0.2, 0.25) is 0 Å². The number of hydrogen-bond acceptors (Lipinski definition) is 4. The van der Waals surface area contributed by atoms with Crippen LogP contribution in [0, 0.1) is 0 Å². The number of hydrogen-bond donors (Lipinski definition) is 2. The van der Waals surface area contributed by atoms with Gasteiger partial charge < -0.3 is 10.6 Å². The molecule has 0 saturated carbocycles. The number of piperazine rings is 1. The van der Waals surface area contributed by atoms with E-state index in [2.05, 4.69) is 10.6 Å². The fraction of sp³-hybridized carbons (Fsp3) is 0.917. The number of nitrogens with zero attached hydrogens (tertiary/aromatic N) is 2. The molecule has 0 spiro atoms. The fourth-order valence-electron chi connectivity index (χ4n) is 2.34. The summed E-state index contributed by atoms with van der Waals surface area (Å²) in [5, 5.41) is 5.61. The van der Waals surface area contributed by atoms with E-state index in [1.54, 1.807) is 0 Å². The minimum absolute atomic E-state index is 0.270. The number of carbonyl (C=O) groups is 1. The van der Waals surface area contributed by atoms with E-state index in [0.717, 1.165) is 12.8 Å². The Morgan fingerprint density at radius 3 is 2.45 bits per heavy atom. The number of amides is 1. The highest BCUT2D eigenvalue weighted by molar-refractivity contribution is 7.86. The summed E-state index contributed by atoms with van der Waals surface area (Å²) in [4.78, 5) is 11.9. The first kappa shape index (κ1) is 17.4. The molecule has 0 aromatic rings. The Morgan fingerprint density at radius 1 is 1.35 bits per heavy atom. The lowest BCUT2D eigenvalue weighted by Crippen LogP contribution is -2.61. The molecular weight excluding hydrogens is 280 g/mol. The lowest BCUT2D eigenvalue weighted by Gasteiger charge is -2.37. The average Bonchev–Trinajstić information content (AvgIpc) is 2.46. The Balaban J connectivity index is 2.98. The number of likely N-dealkylation sites (N-methyl/N-ethyl adjacent to an activating group) is 1. The Morgan fingerprint density at radius 2 is 1.95 bits per heavy atom. The zero-order valence-corrected chi connectivity index (χ0v) is 13.4. The molecule has 20 heavy (non-hydrogen) atoms. The molecule has 0 aliphatic carbocycles. The SMILES string of the molecule is CCCN(CCC)S(=O)(=O)N1CCNCC1C(=O)NC. The Hall–Kier alpha value is -0.700. The van der Waals surface area contributed by atoms with Crippen LogP contribution in [0.25, 0.3) is 0 Å². The van der Waals surface area contributed by atoms with Crippen LogP contribution in [-0.4, -0.2) is 68.7 Å². The van der Waals surface area contributed by atoms with Gasteiger partial charge in [0.15, 0.2) is 0 Å². The van der Waals surface area contributed by atoms with Crippen molar-refractivity contribution in [1.29, 1.82) is 0 Å². The monoisotopic (exact) mass is 306 g/mol. The lowest BCUT2D eigenvalue weighted by molar-refractivity contribution is -0.124. The summed E-state index contributed by atoms with van der Waals surface area (Å²) in [6.45, 7) is 6.12. The van der Waals surface area contributed by atoms with E-state index in [9.17, 15) is 13.2 Å². The number of rotatable bonds is 7. The highest BCUT2D eigenvalue weighted by Gasteiger charge is 2.39. The Bertz CT molecular complexity index is 407. The van der Waals surface area contributed by atoms with Crippen molar-refractivity contribution in [2.45, 2.75) is 32.7 Å². The Labute approximate surface area is 121 Å². The zero-order chi connectivity index (χ0) is 15.2. The van der Waals surface area contributed by atoms with E-state index in [1.165, 1.54) is 15.7 Å². The molecule has 1 aliphatic heterocycles. The maximum atomic E-state index is 12.7. The molecule has 1 heterocycles. The first-order valence-electron chi connectivity index (χ1n) is 7.18. The van der Waals surface area contributed by atoms with Gasteiger partial charge in [-0.05, 0) is 12.8 Å². The van der Waals surface area contributed by atoms with Crippen molar-refractivity contribution in [2.24, 2.45) is 0 Å². The zero-order valence-electron chi connectivity index (χ0n) is 12.6. The molecule has 1 atom stereocenters. The normalized spacial score (nSPS) is 21.1. The lowest BCUT2D eigenvalue weighted by atomic mass is 10.2. The van der Waals surface area contributed by atoms with Crippen molar-refractivity contribution in [3.8, 4) is 0 Å². The van der Waals surface area contributed by atoms with Crippen LogP contribution >= 0.6 is 0 Å². The van der Waals surface area contributed by atoms with Crippen molar-refractivity contribution < 1.29 is 13.2 Å². The minimum atomic E-state index is -3.59. The van der Waals surface area contributed by atoms with Gasteiger partial charge in [0.05, 0.1) is 0 Å². The predicted octanol–water partition coefficient (Wildman–Crippen LogP) is -0.627. The maximum absolute atomic E-state index is 12.7. The molecule has 1 unspecified atom stereocenters. The van der Waals surface area contributed by atoms with Crippen molar-refractivity contribution in [1.82, 2.24) is 19.2 Å². The third kappa shape index (κ3) is 3.91. The summed E-state index contributed by atoms with van der Waals surface area (Å²) >= 11 is 0. The van der Waals surface area contributed by atoms with Crippen LogP contribution in [-0.2, 0) is 15.0 Å². The molecule has 1 fully saturated rings. The van der Waals surface area contributed by atoms with Crippen LogP contribution in [0.1, 0.15) is 26.7 Å². The van der Waals surface area contributed by atoms with E-state index in [1.807, 2.05) is 13.8 Å². The average molecular weight is 306 g/mol. The summed E-state index contributed by atoms with van der Waals surface area (Å²) < 4.78 is 28.3. The van der Waals surface area contributed by atoms with Gasteiger partial charge in [-0.3, -0.25) is 4.79 Å². The predicted molar refractivity (Wildman–Crippen MR) is 78.5 cm³/mol. The van der Waals surface area contributed by atoms with Crippen LogP contribution < -0.4 is 10.6 Å². The Kier molecular flexibility index (Phi) is 6.87. The molecule has 0 aromatic heterocycles. The molecule has 1 saturated heterocycles. The molecule has 1 rings (SSSR count). The molecule has 0 radical (unpaired) electrons. The van der Waals surface area contributed by atoms with Gasteiger partial charge in [0.2, 0.25) is 5.91 Å². The van der Waals surface area contributed by atoms with E-state index in [4.69, 9.17) is 0 Å². The van der Waals surface area contributed by atoms with Crippen LogP contribution in [0.3, 0.4) is 0 Å². The van der Waals surface area contributed by atoms with Gasteiger partial charge in [0.25, 0.3) is 10.2 Å².